The number of rotatable bonds is 5. The zero-order valence-corrected chi connectivity index (χ0v) is 16.8. The van der Waals surface area contributed by atoms with Crippen molar-refractivity contribution in [2.45, 2.75) is 10.9 Å². The number of hydrogen-bond acceptors (Lipinski definition) is 6. The summed E-state index contributed by atoms with van der Waals surface area (Å²) in [7, 11) is 0. The lowest BCUT2D eigenvalue weighted by molar-refractivity contribution is 0.427. The van der Waals surface area contributed by atoms with Crippen molar-refractivity contribution in [1.29, 1.82) is 0 Å². The zero-order valence-electron chi connectivity index (χ0n) is 15.2. The molecule has 0 spiro atoms. The summed E-state index contributed by atoms with van der Waals surface area (Å²) in [6.45, 7) is 0. The van der Waals surface area contributed by atoms with Crippen molar-refractivity contribution in [3.63, 3.8) is 0 Å². The highest BCUT2D eigenvalue weighted by molar-refractivity contribution is 7.98. The van der Waals surface area contributed by atoms with E-state index in [1.165, 1.54) is 11.8 Å². The number of thioether (sulfide) groups is 1. The van der Waals surface area contributed by atoms with Crippen LogP contribution in [0.25, 0.3) is 27.2 Å². The van der Waals surface area contributed by atoms with Crippen LogP contribution in [-0.2, 0) is 5.75 Å². The number of para-hydroxylation sites is 2. The first-order valence-corrected chi connectivity index (χ1v) is 10.9. The van der Waals surface area contributed by atoms with Gasteiger partial charge in [-0.15, -0.1) is 11.3 Å². The van der Waals surface area contributed by atoms with E-state index in [9.17, 15) is 4.79 Å². The molecule has 3 aromatic heterocycles. The quantitative estimate of drug-likeness (QED) is 0.283. The molecule has 0 fully saturated rings. The highest BCUT2D eigenvalue weighted by Gasteiger charge is 2.15. The summed E-state index contributed by atoms with van der Waals surface area (Å²) < 4.78 is 7.12. The third kappa shape index (κ3) is 3.50. The molecule has 0 aliphatic carbocycles. The molecule has 0 amide bonds. The number of aromatic nitrogens is 3. The van der Waals surface area contributed by atoms with Gasteiger partial charge in [-0.1, -0.05) is 53.3 Å². The second-order valence-corrected chi connectivity index (χ2v) is 8.23. The molecule has 0 aliphatic heterocycles. The summed E-state index contributed by atoms with van der Waals surface area (Å²) in [5.41, 5.74) is 2.20. The van der Waals surface area contributed by atoms with Gasteiger partial charge < -0.3 is 4.52 Å². The molecule has 3 heterocycles. The molecule has 0 N–H and O–H groups in total. The number of fused-ring (bicyclic) bond motifs is 1. The first-order valence-electron chi connectivity index (χ1n) is 8.99. The van der Waals surface area contributed by atoms with E-state index < -0.39 is 0 Å². The summed E-state index contributed by atoms with van der Waals surface area (Å²) in [5, 5.41) is 7.40. The summed E-state index contributed by atoms with van der Waals surface area (Å²) in [6, 6.07) is 22.9. The molecule has 142 valence electrons. The van der Waals surface area contributed by atoms with Crippen LogP contribution in [0.15, 0.2) is 92.7 Å². The van der Waals surface area contributed by atoms with E-state index in [-0.39, 0.29) is 5.56 Å². The van der Waals surface area contributed by atoms with Crippen LogP contribution in [0.1, 0.15) is 5.69 Å². The molecule has 0 bridgehead atoms. The molecule has 2 aromatic carbocycles. The van der Waals surface area contributed by atoms with Crippen molar-refractivity contribution in [2.75, 3.05) is 0 Å². The molecule has 0 saturated heterocycles. The third-order valence-electron chi connectivity index (χ3n) is 4.43. The number of hydrogen-bond donors (Lipinski definition) is 0. The Balaban J connectivity index is 1.53. The topological polar surface area (TPSA) is 60.9 Å². The fraction of sp³-hybridized carbons (Fsp3) is 0.0455. The molecule has 0 atom stereocenters. The van der Waals surface area contributed by atoms with Crippen molar-refractivity contribution in [3.05, 3.63) is 94.2 Å². The lowest BCUT2D eigenvalue weighted by atomic mass is 10.2. The van der Waals surface area contributed by atoms with Gasteiger partial charge in [0.1, 0.15) is 0 Å². The molecule has 7 heteroatoms. The molecule has 29 heavy (non-hydrogen) atoms. The Morgan fingerprint density at radius 2 is 1.83 bits per heavy atom. The number of thiophene rings is 1. The van der Waals surface area contributed by atoms with Gasteiger partial charge in [-0.05, 0) is 35.7 Å². The Labute approximate surface area is 174 Å². The lowest BCUT2D eigenvalue weighted by Crippen LogP contribution is -2.21. The maximum atomic E-state index is 13.2. The molecule has 0 radical (unpaired) electrons. The minimum Gasteiger partial charge on any atom is -0.355 e. The largest absolute Gasteiger partial charge is 0.355 e. The molecule has 0 saturated carbocycles. The van der Waals surface area contributed by atoms with E-state index in [1.54, 1.807) is 15.9 Å². The van der Waals surface area contributed by atoms with Gasteiger partial charge in [-0.3, -0.25) is 9.36 Å². The predicted octanol–water partition coefficient (Wildman–Crippen LogP) is 5.39. The van der Waals surface area contributed by atoms with Gasteiger partial charge in [-0.2, -0.15) is 0 Å². The Morgan fingerprint density at radius 3 is 2.66 bits per heavy atom. The van der Waals surface area contributed by atoms with Crippen molar-refractivity contribution in [2.24, 2.45) is 0 Å². The summed E-state index contributed by atoms with van der Waals surface area (Å²) in [5.74, 6) is 1.30. The van der Waals surface area contributed by atoms with Gasteiger partial charge >= 0.3 is 0 Å². The first kappa shape index (κ1) is 17.9. The van der Waals surface area contributed by atoms with Crippen LogP contribution in [0.2, 0.25) is 0 Å². The highest BCUT2D eigenvalue weighted by Crippen LogP contribution is 2.28. The molecular formula is C22H15N3O2S2. The lowest BCUT2D eigenvalue weighted by Gasteiger charge is -2.12. The Kier molecular flexibility index (Phi) is 4.75. The van der Waals surface area contributed by atoms with E-state index in [0.717, 1.165) is 22.0 Å². The monoisotopic (exact) mass is 417 g/mol. The maximum Gasteiger partial charge on any atom is 0.266 e. The minimum atomic E-state index is -0.0799. The second-order valence-electron chi connectivity index (χ2n) is 6.34. The number of benzene rings is 2. The van der Waals surface area contributed by atoms with E-state index in [1.807, 2.05) is 78.2 Å². The molecule has 0 unspecified atom stereocenters. The van der Waals surface area contributed by atoms with Crippen molar-refractivity contribution in [1.82, 2.24) is 14.7 Å². The van der Waals surface area contributed by atoms with E-state index in [2.05, 4.69) is 5.16 Å². The summed E-state index contributed by atoms with van der Waals surface area (Å²) in [4.78, 5) is 19.0. The first-order chi connectivity index (χ1) is 14.3. The van der Waals surface area contributed by atoms with Crippen LogP contribution < -0.4 is 5.56 Å². The molecule has 5 nitrogen and oxygen atoms in total. The Hall–Kier alpha value is -3.16. The van der Waals surface area contributed by atoms with Gasteiger partial charge in [0.15, 0.2) is 10.9 Å². The molecular weight excluding hydrogens is 402 g/mol. The van der Waals surface area contributed by atoms with Gasteiger partial charge in [0, 0.05) is 11.8 Å². The molecule has 0 aliphatic rings. The fourth-order valence-corrected chi connectivity index (χ4v) is 4.63. The van der Waals surface area contributed by atoms with Crippen LogP contribution in [0, 0.1) is 0 Å². The third-order valence-corrected chi connectivity index (χ3v) is 6.29. The average Bonchev–Trinajstić information content (AvgIpc) is 3.45. The highest BCUT2D eigenvalue weighted by atomic mass is 32.2. The van der Waals surface area contributed by atoms with Gasteiger partial charge in [-0.25, -0.2) is 4.98 Å². The van der Waals surface area contributed by atoms with Gasteiger partial charge in [0.25, 0.3) is 5.56 Å². The van der Waals surface area contributed by atoms with Crippen LogP contribution in [0.5, 0.6) is 0 Å². The van der Waals surface area contributed by atoms with Crippen LogP contribution >= 0.6 is 23.1 Å². The normalized spacial score (nSPS) is 11.2. The molecule has 5 aromatic rings. The minimum absolute atomic E-state index is 0.0799. The maximum absolute atomic E-state index is 13.2. The van der Waals surface area contributed by atoms with Crippen molar-refractivity contribution in [3.8, 4) is 16.3 Å². The SMILES string of the molecule is O=c1c2ccccc2nc(SCc2cc(-c3cccs3)on2)n1-c1ccccc1. The Bertz CT molecular complexity index is 1330. The summed E-state index contributed by atoms with van der Waals surface area (Å²) >= 11 is 3.08. The van der Waals surface area contributed by atoms with Crippen LogP contribution in [0.3, 0.4) is 0 Å². The Morgan fingerprint density at radius 1 is 1.00 bits per heavy atom. The molecule has 5 rings (SSSR count). The standard InChI is InChI=1S/C22H15N3O2S2/c26-21-17-9-4-5-10-18(17)23-22(25(21)16-7-2-1-3-8-16)29-14-15-13-19(27-24-15)20-11-6-12-28-20/h1-13H,14H2. The fourth-order valence-electron chi connectivity index (χ4n) is 3.07. The summed E-state index contributed by atoms with van der Waals surface area (Å²) in [6.07, 6.45) is 0. The van der Waals surface area contributed by atoms with E-state index in [4.69, 9.17) is 9.51 Å². The van der Waals surface area contributed by atoms with Crippen LogP contribution in [-0.4, -0.2) is 14.7 Å². The smallest absolute Gasteiger partial charge is 0.266 e. The van der Waals surface area contributed by atoms with Crippen LogP contribution in [0.4, 0.5) is 0 Å². The predicted molar refractivity (Wildman–Crippen MR) is 117 cm³/mol. The second kappa shape index (κ2) is 7.69. The zero-order chi connectivity index (χ0) is 19.6. The number of nitrogens with zero attached hydrogens (tertiary/aromatic N) is 3. The van der Waals surface area contributed by atoms with Gasteiger partial charge in [0.05, 0.1) is 27.2 Å². The van der Waals surface area contributed by atoms with E-state index >= 15 is 0 Å². The van der Waals surface area contributed by atoms with Crippen molar-refractivity contribution < 1.29 is 4.52 Å². The average molecular weight is 418 g/mol. The van der Waals surface area contributed by atoms with Gasteiger partial charge in [0.2, 0.25) is 0 Å². The van der Waals surface area contributed by atoms with E-state index in [0.29, 0.717) is 21.8 Å². The van der Waals surface area contributed by atoms with Crippen molar-refractivity contribution >= 4 is 34.0 Å².